The highest BCUT2D eigenvalue weighted by molar-refractivity contribution is 9.10. The van der Waals surface area contributed by atoms with Gasteiger partial charge in [-0.3, -0.25) is 4.79 Å². The van der Waals surface area contributed by atoms with Crippen LogP contribution in [0.5, 0.6) is 0 Å². The fourth-order valence-corrected chi connectivity index (χ4v) is 3.77. The third-order valence-electron chi connectivity index (χ3n) is 3.84. The van der Waals surface area contributed by atoms with Gasteiger partial charge in [0, 0.05) is 30.2 Å². The molecule has 5 nitrogen and oxygen atoms in total. The van der Waals surface area contributed by atoms with E-state index >= 15 is 0 Å². The van der Waals surface area contributed by atoms with E-state index < -0.39 is 15.8 Å². The van der Waals surface area contributed by atoms with Crippen molar-refractivity contribution in [3.05, 3.63) is 58.3 Å². The molecule has 0 atom stereocenters. The van der Waals surface area contributed by atoms with Gasteiger partial charge in [-0.2, -0.15) is 0 Å². The number of sulfonamides is 1. The quantitative estimate of drug-likeness (QED) is 0.705. The fraction of sp³-hybridized carbons (Fsp3) is 0.278. The van der Waals surface area contributed by atoms with Crippen molar-refractivity contribution in [3.63, 3.8) is 0 Å². The summed E-state index contributed by atoms with van der Waals surface area (Å²) in [6.45, 7) is 2.11. The van der Waals surface area contributed by atoms with Crippen LogP contribution < -0.4 is 5.32 Å². The number of rotatable bonds is 7. The predicted octanol–water partition coefficient (Wildman–Crippen LogP) is 3.94. The molecule has 1 N–H and O–H groups in total. The number of hydrogen-bond donors (Lipinski definition) is 1. The third-order valence-corrected chi connectivity index (χ3v) is 6.60. The fourth-order valence-electron chi connectivity index (χ4n) is 2.31. The van der Waals surface area contributed by atoms with Crippen LogP contribution in [0.2, 0.25) is 0 Å². The SMILES string of the molecule is Cc1cc(NC(=O)CCCN(C)S(=O)(=O)c2ccc(F)cc2)ccc1Br. The summed E-state index contributed by atoms with van der Waals surface area (Å²) >= 11 is 3.40. The van der Waals surface area contributed by atoms with Crippen molar-refractivity contribution in [2.75, 3.05) is 18.9 Å². The Morgan fingerprint density at radius 1 is 1.19 bits per heavy atom. The maximum Gasteiger partial charge on any atom is 0.242 e. The monoisotopic (exact) mass is 442 g/mol. The Morgan fingerprint density at radius 2 is 1.85 bits per heavy atom. The van der Waals surface area contributed by atoms with E-state index in [2.05, 4.69) is 21.2 Å². The number of benzene rings is 2. The molecular weight excluding hydrogens is 423 g/mol. The number of anilines is 1. The lowest BCUT2D eigenvalue weighted by molar-refractivity contribution is -0.116. The Bertz CT molecular complexity index is 886. The van der Waals surface area contributed by atoms with E-state index in [1.165, 1.54) is 19.2 Å². The smallest absolute Gasteiger partial charge is 0.242 e. The summed E-state index contributed by atoms with van der Waals surface area (Å²) < 4.78 is 39.8. The first-order valence-corrected chi connectivity index (χ1v) is 10.2. The Labute approximate surface area is 161 Å². The molecule has 0 bridgehead atoms. The minimum Gasteiger partial charge on any atom is -0.326 e. The molecule has 0 aromatic heterocycles. The molecule has 140 valence electrons. The van der Waals surface area contributed by atoms with E-state index in [9.17, 15) is 17.6 Å². The van der Waals surface area contributed by atoms with E-state index in [0.29, 0.717) is 12.1 Å². The second-order valence-electron chi connectivity index (χ2n) is 5.90. The molecule has 8 heteroatoms. The van der Waals surface area contributed by atoms with Crippen LogP contribution in [0, 0.1) is 12.7 Å². The lowest BCUT2D eigenvalue weighted by atomic mass is 10.2. The first-order chi connectivity index (χ1) is 12.2. The van der Waals surface area contributed by atoms with Crippen molar-refractivity contribution in [2.24, 2.45) is 0 Å². The summed E-state index contributed by atoms with van der Waals surface area (Å²) in [6, 6.07) is 10.2. The van der Waals surface area contributed by atoms with Gasteiger partial charge >= 0.3 is 0 Å². The van der Waals surface area contributed by atoms with Crippen molar-refractivity contribution < 1.29 is 17.6 Å². The van der Waals surface area contributed by atoms with Crippen molar-refractivity contribution in [1.82, 2.24) is 4.31 Å². The number of aryl methyl sites for hydroxylation is 1. The van der Waals surface area contributed by atoms with Crippen LogP contribution in [0.3, 0.4) is 0 Å². The van der Waals surface area contributed by atoms with Gasteiger partial charge in [-0.1, -0.05) is 15.9 Å². The van der Waals surface area contributed by atoms with Crippen LogP contribution in [0.4, 0.5) is 10.1 Å². The summed E-state index contributed by atoms with van der Waals surface area (Å²) in [6.07, 6.45) is 0.566. The van der Waals surface area contributed by atoms with Gasteiger partial charge in [0.05, 0.1) is 4.90 Å². The van der Waals surface area contributed by atoms with Crippen LogP contribution >= 0.6 is 15.9 Å². The van der Waals surface area contributed by atoms with Crippen LogP contribution in [0.15, 0.2) is 51.8 Å². The number of carbonyl (C=O) groups excluding carboxylic acids is 1. The van der Waals surface area contributed by atoms with Gasteiger partial charge in [0.15, 0.2) is 0 Å². The van der Waals surface area contributed by atoms with Crippen LogP contribution in [0.25, 0.3) is 0 Å². The molecule has 0 spiro atoms. The molecule has 0 heterocycles. The Hall–Kier alpha value is -1.77. The summed E-state index contributed by atoms with van der Waals surface area (Å²) in [4.78, 5) is 12.0. The average molecular weight is 443 g/mol. The number of hydrogen-bond acceptors (Lipinski definition) is 3. The Morgan fingerprint density at radius 3 is 2.46 bits per heavy atom. The number of nitrogens with one attached hydrogen (secondary N) is 1. The highest BCUT2D eigenvalue weighted by Gasteiger charge is 2.20. The topological polar surface area (TPSA) is 66.5 Å². The first kappa shape index (κ1) is 20.5. The maximum atomic E-state index is 12.9. The zero-order valence-corrected chi connectivity index (χ0v) is 16.9. The molecule has 0 saturated carbocycles. The zero-order chi connectivity index (χ0) is 19.3. The van der Waals surface area contributed by atoms with Crippen molar-refractivity contribution in [1.29, 1.82) is 0 Å². The third kappa shape index (κ3) is 5.36. The first-order valence-electron chi connectivity index (χ1n) is 7.98. The van der Waals surface area contributed by atoms with Crippen molar-refractivity contribution in [3.8, 4) is 0 Å². The molecule has 0 fully saturated rings. The summed E-state index contributed by atoms with van der Waals surface area (Å²) in [5.41, 5.74) is 1.70. The maximum absolute atomic E-state index is 12.9. The van der Waals surface area contributed by atoms with E-state index in [1.54, 1.807) is 6.07 Å². The van der Waals surface area contributed by atoms with Gasteiger partial charge in [0.2, 0.25) is 15.9 Å². The molecule has 0 aliphatic rings. The van der Waals surface area contributed by atoms with E-state index in [0.717, 1.165) is 26.5 Å². The standard InChI is InChI=1S/C18H20BrFN2O3S/c1-13-12-15(7-10-17(13)19)21-18(23)4-3-11-22(2)26(24,25)16-8-5-14(20)6-9-16/h5-10,12H,3-4,11H2,1-2H3,(H,21,23). The minimum atomic E-state index is -3.69. The molecule has 0 unspecified atom stereocenters. The molecular formula is C18H20BrFN2O3S. The summed E-state index contributed by atoms with van der Waals surface area (Å²) in [7, 11) is -2.25. The van der Waals surface area contributed by atoms with Crippen LogP contribution in [-0.2, 0) is 14.8 Å². The number of carbonyl (C=O) groups is 1. The van der Waals surface area contributed by atoms with Crippen LogP contribution in [0.1, 0.15) is 18.4 Å². The number of halogens is 2. The van der Waals surface area contributed by atoms with Gasteiger partial charge in [-0.05, 0) is 61.4 Å². The van der Waals surface area contributed by atoms with Crippen molar-refractivity contribution >= 4 is 37.5 Å². The second-order valence-corrected chi connectivity index (χ2v) is 8.80. The molecule has 1 amide bonds. The molecule has 2 aromatic carbocycles. The lowest BCUT2D eigenvalue weighted by Crippen LogP contribution is -2.28. The number of amides is 1. The average Bonchev–Trinajstić information content (AvgIpc) is 2.58. The molecule has 0 aliphatic carbocycles. The van der Waals surface area contributed by atoms with Gasteiger partial charge in [0.25, 0.3) is 0 Å². The Kier molecular flexibility index (Phi) is 6.91. The molecule has 2 rings (SSSR count). The largest absolute Gasteiger partial charge is 0.326 e. The normalized spacial score (nSPS) is 11.6. The van der Waals surface area contributed by atoms with E-state index in [1.807, 2.05) is 19.1 Å². The molecule has 2 aromatic rings. The Balaban J connectivity index is 1.87. The highest BCUT2D eigenvalue weighted by Crippen LogP contribution is 2.20. The van der Waals surface area contributed by atoms with Crippen molar-refractivity contribution in [2.45, 2.75) is 24.7 Å². The highest BCUT2D eigenvalue weighted by atomic mass is 79.9. The van der Waals surface area contributed by atoms with Gasteiger partial charge < -0.3 is 5.32 Å². The molecule has 0 saturated heterocycles. The lowest BCUT2D eigenvalue weighted by Gasteiger charge is -2.17. The molecule has 0 aliphatic heterocycles. The minimum absolute atomic E-state index is 0.0242. The van der Waals surface area contributed by atoms with E-state index in [-0.39, 0.29) is 23.8 Å². The summed E-state index contributed by atoms with van der Waals surface area (Å²) in [5, 5.41) is 2.79. The van der Waals surface area contributed by atoms with E-state index in [4.69, 9.17) is 0 Å². The summed E-state index contributed by atoms with van der Waals surface area (Å²) in [5.74, 6) is -0.675. The number of nitrogens with zero attached hydrogens (tertiary/aromatic N) is 1. The van der Waals surface area contributed by atoms with Gasteiger partial charge in [-0.25, -0.2) is 17.1 Å². The molecule has 26 heavy (non-hydrogen) atoms. The predicted molar refractivity (Wildman–Crippen MR) is 103 cm³/mol. The second kappa shape index (κ2) is 8.75. The van der Waals surface area contributed by atoms with Gasteiger partial charge in [-0.15, -0.1) is 0 Å². The zero-order valence-electron chi connectivity index (χ0n) is 14.5. The molecule has 0 radical (unpaired) electrons. The van der Waals surface area contributed by atoms with Crippen LogP contribution in [-0.4, -0.2) is 32.2 Å². The van der Waals surface area contributed by atoms with Gasteiger partial charge in [0.1, 0.15) is 5.82 Å².